The van der Waals surface area contributed by atoms with Crippen molar-refractivity contribution in [3.8, 4) is 56.3 Å². The third kappa shape index (κ3) is 3.75. The van der Waals surface area contributed by atoms with E-state index in [0.717, 1.165) is 50.6 Å². The molecule has 0 N–H and O–H groups in total. The summed E-state index contributed by atoms with van der Waals surface area (Å²) in [7, 11) is 0. The van der Waals surface area contributed by atoms with E-state index in [0.29, 0.717) is 5.89 Å². The van der Waals surface area contributed by atoms with Gasteiger partial charge in [0.2, 0.25) is 5.89 Å². The van der Waals surface area contributed by atoms with Gasteiger partial charge in [-0.1, -0.05) is 133 Å². The van der Waals surface area contributed by atoms with Gasteiger partial charge in [-0.25, -0.2) is 4.98 Å². The Kier molecular flexibility index (Phi) is 5.70. The maximum atomic E-state index is 6.63. The molecular formula is C50H30N2O. The van der Waals surface area contributed by atoms with Crippen LogP contribution in [0.2, 0.25) is 0 Å². The van der Waals surface area contributed by atoms with Gasteiger partial charge in [0, 0.05) is 39.1 Å². The molecule has 12 rings (SSSR count). The van der Waals surface area contributed by atoms with Crippen LogP contribution in [0.1, 0.15) is 22.3 Å². The molecule has 0 atom stereocenters. The van der Waals surface area contributed by atoms with Gasteiger partial charge in [0.15, 0.2) is 5.76 Å². The van der Waals surface area contributed by atoms with Crippen LogP contribution in [0.25, 0.3) is 67.1 Å². The fourth-order valence-corrected chi connectivity index (χ4v) is 9.55. The number of hydrogen-bond acceptors (Lipinski definition) is 3. The van der Waals surface area contributed by atoms with E-state index in [1.54, 1.807) is 0 Å². The highest BCUT2D eigenvalue weighted by molar-refractivity contribution is 6.15. The summed E-state index contributed by atoms with van der Waals surface area (Å²) in [5, 5.41) is 2.35. The van der Waals surface area contributed by atoms with Crippen molar-refractivity contribution in [1.29, 1.82) is 0 Å². The van der Waals surface area contributed by atoms with Crippen LogP contribution in [-0.2, 0) is 5.41 Å². The molecule has 3 aliphatic carbocycles. The first-order valence-electron chi connectivity index (χ1n) is 18.2. The molecule has 0 saturated carbocycles. The van der Waals surface area contributed by atoms with Crippen LogP contribution < -0.4 is 4.90 Å². The van der Waals surface area contributed by atoms with Crippen molar-refractivity contribution in [3.05, 3.63) is 204 Å². The molecule has 0 aliphatic heterocycles. The maximum absolute atomic E-state index is 6.63. The zero-order valence-corrected chi connectivity index (χ0v) is 28.6. The van der Waals surface area contributed by atoms with Gasteiger partial charge in [0.25, 0.3) is 0 Å². The molecule has 246 valence electrons. The molecule has 0 saturated heterocycles. The Hall–Kier alpha value is -6.97. The number of nitrogens with zero attached hydrogens (tertiary/aromatic N) is 2. The molecule has 0 unspecified atom stereocenters. The second kappa shape index (κ2) is 10.5. The molecule has 3 nitrogen and oxygen atoms in total. The zero-order chi connectivity index (χ0) is 34.7. The molecule has 3 heteroatoms. The number of oxazole rings is 1. The van der Waals surface area contributed by atoms with Gasteiger partial charge in [-0.15, -0.1) is 0 Å². The second-order valence-electron chi connectivity index (χ2n) is 14.2. The van der Waals surface area contributed by atoms with E-state index >= 15 is 0 Å². The standard InChI is InChI=1S/C50H30N2O/c1-3-14-31(15-4-1)49-51-47-40-22-13-16-32-28-35(29-41(46(32)40)48(47)53-49)52(33-17-5-2-6-18-33)34-26-27-39-38-21-9-12-25-44(38)50(45(39)30-34)42-23-10-7-19-36(42)37-20-8-11-24-43(37)50/h1-30H. The largest absolute Gasteiger partial charge is 0.435 e. The monoisotopic (exact) mass is 674 g/mol. The average Bonchev–Trinajstić information content (AvgIpc) is 3.95. The van der Waals surface area contributed by atoms with Crippen molar-refractivity contribution in [3.63, 3.8) is 0 Å². The fourth-order valence-electron chi connectivity index (χ4n) is 9.55. The van der Waals surface area contributed by atoms with Crippen LogP contribution >= 0.6 is 0 Å². The summed E-state index contributed by atoms with van der Waals surface area (Å²) < 4.78 is 6.63. The van der Waals surface area contributed by atoms with E-state index in [9.17, 15) is 0 Å². The summed E-state index contributed by atoms with van der Waals surface area (Å²) in [5.74, 6) is 1.47. The first kappa shape index (κ1) is 28.7. The summed E-state index contributed by atoms with van der Waals surface area (Å²) in [6, 6.07) is 66.1. The predicted molar refractivity (Wildman–Crippen MR) is 215 cm³/mol. The smallest absolute Gasteiger partial charge is 0.227 e. The number of aromatic nitrogens is 1. The first-order valence-corrected chi connectivity index (χ1v) is 18.2. The highest BCUT2D eigenvalue weighted by atomic mass is 16.4. The van der Waals surface area contributed by atoms with Crippen molar-refractivity contribution in [2.24, 2.45) is 0 Å². The van der Waals surface area contributed by atoms with Crippen molar-refractivity contribution >= 4 is 27.8 Å². The second-order valence-corrected chi connectivity index (χ2v) is 14.2. The highest BCUT2D eigenvalue weighted by Crippen LogP contribution is 2.63. The van der Waals surface area contributed by atoms with Crippen molar-refractivity contribution in [2.75, 3.05) is 4.90 Å². The highest BCUT2D eigenvalue weighted by Gasteiger charge is 2.51. The lowest BCUT2D eigenvalue weighted by Gasteiger charge is -2.32. The van der Waals surface area contributed by atoms with Crippen LogP contribution in [-0.4, -0.2) is 4.98 Å². The number of fused-ring (bicyclic) bond motifs is 13. The Bertz CT molecular complexity index is 2900. The molecule has 9 aromatic rings. The minimum atomic E-state index is -0.424. The summed E-state index contributed by atoms with van der Waals surface area (Å²) in [6.45, 7) is 0. The number of para-hydroxylation sites is 1. The van der Waals surface area contributed by atoms with E-state index < -0.39 is 5.41 Å². The Labute approximate surface area is 307 Å². The minimum Gasteiger partial charge on any atom is -0.435 e. The number of hydrogen-bond donors (Lipinski definition) is 0. The SMILES string of the molecule is c1ccc(-c2nc3c(o2)-c2cc(N(c4ccccc4)c4ccc5c(c4)C4(c6ccccc6-c6ccccc64)c4ccccc4-5)cc4cccc-3c24)cc1. The molecule has 0 radical (unpaired) electrons. The molecule has 1 aromatic heterocycles. The van der Waals surface area contributed by atoms with Crippen LogP contribution in [0.15, 0.2) is 186 Å². The molecule has 1 heterocycles. The third-order valence-corrected chi connectivity index (χ3v) is 11.6. The van der Waals surface area contributed by atoms with E-state index in [1.807, 2.05) is 18.2 Å². The summed E-state index contributed by atoms with van der Waals surface area (Å²) in [4.78, 5) is 7.45. The number of rotatable bonds is 4. The van der Waals surface area contributed by atoms with Gasteiger partial charge in [-0.05, 0) is 98.4 Å². The van der Waals surface area contributed by atoms with Crippen molar-refractivity contribution < 1.29 is 4.42 Å². The van der Waals surface area contributed by atoms with E-state index in [4.69, 9.17) is 9.40 Å². The summed E-state index contributed by atoms with van der Waals surface area (Å²) >= 11 is 0. The molecule has 3 aliphatic rings. The minimum absolute atomic E-state index is 0.424. The quantitative estimate of drug-likeness (QED) is 0.186. The van der Waals surface area contributed by atoms with Crippen molar-refractivity contribution in [1.82, 2.24) is 4.98 Å². The van der Waals surface area contributed by atoms with Gasteiger partial charge in [-0.2, -0.15) is 0 Å². The Morgan fingerprint density at radius 2 is 1.00 bits per heavy atom. The average molecular weight is 675 g/mol. The fraction of sp³-hybridized carbons (Fsp3) is 0.0200. The van der Waals surface area contributed by atoms with E-state index in [-0.39, 0.29) is 0 Å². The van der Waals surface area contributed by atoms with Crippen molar-refractivity contribution in [2.45, 2.75) is 5.41 Å². The van der Waals surface area contributed by atoms with Gasteiger partial charge in [0.1, 0.15) is 5.69 Å². The Balaban J connectivity index is 1.11. The molecular weight excluding hydrogens is 645 g/mol. The van der Waals surface area contributed by atoms with Crippen LogP contribution in [0, 0.1) is 0 Å². The summed E-state index contributed by atoms with van der Waals surface area (Å²) in [6.07, 6.45) is 0. The van der Waals surface area contributed by atoms with Crippen LogP contribution in [0.3, 0.4) is 0 Å². The summed E-state index contributed by atoms with van der Waals surface area (Å²) in [5.41, 5.74) is 17.4. The van der Waals surface area contributed by atoms with Crippen LogP contribution in [0.4, 0.5) is 17.1 Å². The van der Waals surface area contributed by atoms with Gasteiger partial charge in [0.05, 0.1) is 5.41 Å². The molecule has 8 aromatic carbocycles. The van der Waals surface area contributed by atoms with Gasteiger partial charge < -0.3 is 9.32 Å². The topological polar surface area (TPSA) is 29.3 Å². The molecule has 1 spiro atoms. The predicted octanol–water partition coefficient (Wildman–Crippen LogP) is 13.0. The number of benzene rings is 8. The van der Waals surface area contributed by atoms with Gasteiger partial charge >= 0.3 is 0 Å². The molecule has 53 heavy (non-hydrogen) atoms. The lowest BCUT2D eigenvalue weighted by molar-refractivity contribution is 0.590. The normalized spacial score (nSPS) is 13.4. The van der Waals surface area contributed by atoms with E-state index in [1.165, 1.54) is 49.9 Å². The first-order chi connectivity index (χ1) is 26.3. The molecule has 0 bridgehead atoms. The van der Waals surface area contributed by atoms with Gasteiger partial charge in [-0.3, -0.25) is 0 Å². The number of anilines is 3. The lowest BCUT2D eigenvalue weighted by Crippen LogP contribution is -2.26. The molecule has 0 fully saturated rings. The van der Waals surface area contributed by atoms with Crippen LogP contribution in [0.5, 0.6) is 0 Å². The third-order valence-electron chi connectivity index (χ3n) is 11.6. The van der Waals surface area contributed by atoms with E-state index in [2.05, 4.69) is 169 Å². The lowest BCUT2D eigenvalue weighted by atomic mass is 9.70. The maximum Gasteiger partial charge on any atom is 0.227 e. The Morgan fingerprint density at radius 1 is 0.415 bits per heavy atom. The Morgan fingerprint density at radius 3 is 1.68 bits per heavy atom. The molecule has 0 amide bonds. The zero-order valence-electron chi connectivity index (χ0n) is 28.6.